The predicted octanol–water partition coefficient (Wildman–Crippen LogP) is 1.09. The monoisotopic (exact) mass is 242 g/mol. The molecule has 0 bridgehead atoms. The van der Waals surface area contributed by atoms with Crippen LogP contribution in [0.1, 0.15) is 25.7 Å². The molecule has 1 aliphatic carbocycles. The fraction of sp³-hybridized carbons (Fsp3) is 1.00. The van der Waals surface area contributed by atoms with Crippen LogP contribution in [0.25, 0.3) is 0 Å². The van der Waals surface area contributed by atoms with Crippen molar-refractivity contribution in [2.45, 2.75) is 43.8 Å². The lowest BCUT2D eigenvalue weighted by molar-refractivity contribution is 0.0502. The van der Waals surface area contributed by atoms with Crippen LogP contribution in [0.5, 0.6) is 0 Å². The predicted molar refractivity (Wildman–Crippen MR) is 62.5 cm³/mol. The average molecular weight is 243 g/mol. The molecule has 86 valence electrons. The van der Waals surface area contributed by atoms with Crippen LogP contribution < -0.4 is 11.1 Å². The van der Waals surface area contributed by atoms with E-state index in [-0.39, 0.29) is 24.8 Å². The van der Waals surface area contributed by atoms with Crippen molar-refractivity contribution in [2.75, 3.05) is 13.2 Å². The molecule has 2 unspecified atom stereocenters. The largest absolute Gasteiger partial charge is 0.380 e. The van der Waals surface area contributed by atoms with Gasteiger partial charge in [-0.2, -0.15) is 0 Å². The van der Waals surface area contributed by atoms with Crippen LogP contribution in [-0.2, 0) is 4.74 Å². The Kier molecular flexibility index (Phi) is 7.08. The van der Waals surface area contributed by atoms with Gasteiger partial charge >= 0.3 is 0 Å². The molecule has 0 aromatic heterocycles. The highest BCUT2D eigenvalue weighted by molar-refractivity contribution is 5.85. The highest BCUT2D eigenvalue weighted by Crippen LogP contribution is 2.20. The number of nitrogens with two attached hydrogens (primary N) is 1. The zero-order valence-electron chi connectivity index (χ0n) is 8.28. The number of ether oxygens (including phenoxy) is 1. The molecule has 1 saturated carbocycles. The molecule has 0 aromatic carbocycles. The van der Waals surface area contributed by atoms with Crippen LogP contribution in [0.2, 0.25) is 0 Å². The van der Waals surface area contributed by atoms with E-state index in [4.69, 9.17) is 10.5 Å². The van der Waals surface area contributed by atoms with Crippen molar-refractivity contribution in [1.82, 2.24) is 5.32 Å². The van der Waals surface area contributed by atoms with Gasteiger partial charge < -0.3 is 15.8 Å². The van der Waals surface area contributed by atoms with Crippen molar-refractivity contribution >= 4 is 24.8 Å². The number of rotatable bonds is 2. The number of hydrogen-bond donors (Lipinski definition) is 2. The van der Waals surface area contributed by atoms with Gasteiger partial charge in [-0.3, -0.25) is 0 Å². The summed E-state index contributed by atoms with van der Waals surface area (Å²) in [5, 5.41) is 3.56. The van der Waals surface area contributed by atoms with Crippen LogP contribution in [-0.4, -0.2) is 31.3 Å². The second kappa shape index (κ2) is 6.85. The molecule has 1 heterocycles. The molecule has 1 aliphatic heterocycles. The lowest BCUT2D eigenvalue weighted by Crippen LogP contribution is -2.55. The summed E-state index contributed by atoms with van der Waals surface area (Å²) in [6.07, 6.45) is 5.03. The first-order valence-electron chi connectivity index (χ1n) is 4.95. The molecule has 2 atom stereocenters. The minimum absolute atomic E-state index is 0. The van der Waals surface area contributed by atoms with Crippen molar-refractivity contribution < 1.29 is 4.74 Å². The van der Waals surface area contributed by atoms with Crippen molar-refractivity contribution in [3.05, 3.63) is 0 Å². The van der Waals surface area contributed by atoms with Crippen LogP contribution in [0.4, 0.5) is 0 Å². The van der Waals surface area contributed by atoms with Crippen molar-refractivity contribution in [1.29, 1.82) is 0 Å². The Morgan fingerprint density at radius 2 is 1.86 bits per heavy atom. The molecule has 0 spiro atoms. The summed E-state index contributed by atoms with van der Waals surface area (Å²) in [5.41, 5.74) is 5.96. The second-order valence-corrected chi connectivity index (χ2v) is 3.93. The quantitative estimate of drug-likeness (QED) is 0.763. The highest BCUT2D eigenvalue weighted by atomic mass is 35.5. The number of nitrogens with one attached hydrogen (secondary N) is 1. The third-order valence-electron chi connectivity index (χ3n) is 2.96. The molecule has 0 radical (unpaired) electrons. The van der Waals surface area contributed by atoms with E-state index >= 15 is 0 Å². The third kappa shape index (κ3) is 3.55. The number of halogens is 2. The first kappa shape index (κ1) is 14.5. The fourth-order valence-electron chi connectivity index (χ4n) is 1.80. The van der Waals surface area contributed by atoms with Gasteiger partial charge in [-0.25, -0.2) is 0 Å². The third-order valence-corrected chi connectivity index (χ3v) is 2.96. The molecule has 14 heavy (non-hydrogen) atoms. The van der Waals surface area contributed by atoms with Gasteiger partial charge in [0, 0.05) is 24.7 Å². The molecule has 3 nitrogen and oxygen atoms in total. The van der Waals surface area contributed by atoms with E-state index < -0.39 is 0 Å². The molecule has 0 aromatic rings. The summed E-state index contributed by atoms with van der Waals surface area (Å²) in [6, 6.07) is 1.44. The first-order valence-corrected chi connectivity index (χ1v) is 4.95. The first-order chi connectivity index (χ1) is 5.86. The van der Waals surface area contributed by atoms with E-state index in [9.17, 15) is 0 Å². The van der Waals surface area contributed by atoms with Crippen LogP contribution in [0, 0.1) is 0 Å². The molecule has 1 saturated heterocycles. The molecule has 2 fully saturated rings. The zero-order chi connectivity index (χ0) is 8.39. The van der Waals surface area contributed by atoms with Gasteiger partial charge in [-0.1, -0.05) is 6.42 Å². The molecular formula is C9H20Cl2N2O. The highest BCUT2D eigenvalue weighted by Gasteiger charge is 2.27. The maximum atomic E-state index is 5.96. The van der Waals surface area contributed by atoms with E-state index in [0.717, 1.165) is 25.7 Å². The van der Waals surface area contributed by atoms with Gasteiger partial charge in [0.05, 0.1) is 6.61 Å². The maximum absolute atomic E-state index is 5.96. The van der Waals surface area contributed by atoms with Gasteiger partial charge in [0.2, 0.25) is 0 Å². The van der Waals surface area contributed by atoms with E-state index in [0.29, 0.717) is 12.1 Å². The molecule has 0 amide bonds. The summed E-state index contributed by atoms with van der Waals surface area (Å²) >= 11 is 0. The topological polar surface area (TPSA) is 47.3 Å². The SMILES string of the molecule is Cl.Cl.NC1CCOCC1NC1CCC1. The summed E-state index contributed by atoms with van der Waals surface area (Å²) in [4.78, 5) is 0. The fourth-order valence-corrected chi connectivity index (χ4v) is 1.80. The molecule has 5 heteroatoms. The van der Waals surface area contributed by atoms with Crippen molar-refractivity contribution in [2.24, 2.45) is 5.73 Å². The van der Waals surface area contributed by atoms with Gasteiger partial charge in [0.1, 0.15) is 0 Å². The van der Waals surface area contributed by atoms with E-state index in [2.05, 4.69) is 5.32 Å². The van der Waals surface area contributed by atoms with Crippen molar-refractivity contribution in [3.8, 4) is 0 Å². The van der Waals surface area contributed by atoms with Crippen LogP contribution in [0.3, 0.4) is 0 Å². The Hall–Kier alpha value is 0.460. The lowest BCUT2D eigenvalue weighted by Gasteiger charge is -2.36. The van der Waals surface area contributed by atoms with Crippen molar-refractivity contribution in [3.63, 3.8) is 0 Å². The van der Waals surface area contributed by atoms with Crippen LogP contribution in [0.15, 0.2) is 0 Å². The maximum Gasteiger partial charge on any atom is 0.0634 e. The standard InChI is InChI=1S/C9H18N2O.2ClH/c10-8-4-5-12-6-9(8)11-7-2-1-3-7;;/h7-9,11H,1-6,10H2;2*1H. The van der Waals surface area contributed by atoms with Gasteiger partial charge in [-0.15, -0.1) is 24.8 Å². The van der Waals surface area contributed by atoms with E-state index in [1.54, 1.807) is 0 Å². The minimum atomic E-state index is 0. The summed E-state index contributed by atoms with van der Waals surface area (Å²) in [6.45, 7) is 1.64. The number of hydrogen-bond acceptors (Lipinski definition) is 3. The molecule has 2 aliphatic rings. The normalized spacial score (nSPS) is 32.4. The Morgan fingerprint density at radius 3 is 2.36 bits per heavy atom. The average Bonchev–Trinajstić information content (AvgIpc) is 2.00. The summed E-state index contributed by atoms with van der Waals surface area (Å²) in [5.74, 6) is 0. The Bertz CT molecular complexity index is 156. The smallest absolute Gasteiger partial charge is 0.0634 e. The van der Waals surface area contributed by atoms with Gasteiger partial charge in [0.15, 0.2) is 0 Å². The summed E-state index contributed by atoms with van der Waals surface area (Å²) < 4.78 is 5.38. The minimum Gasteiger partial charge on any atom is -0.380 e. The van der Waals surface area contributed by atoms with Gasteiger partial charge in [0.25, 0.3) is 0 Å². The summed E-state index contributed by atoms with van der Waals surface area (Å²) in [7, 11) is 0. The van der Waals surface area contributed by atoms with E-state index in [1.165, 1.54) is 19.3 Å². The van der Waals surface area contributed by atoms with Gasteiger partial charge in [-0.05, 0) is 19.3 Å². The molecular weight excluding hydrogens is 223 g/mol. The Labute approximate surface area is 98.0 Å². The molecule has 2 rings (SSSR count). The Balaban J connectivity index is 0.000000845. The second-order valence-electron chi connectivity index (χ2n) is 3.93. The van der Waals surface area contributed by atoms with E-state index in [1.807, 2.05) is 0 Å². The lowest BCUT2D eigenvalue weighted by atomic mass is 9.91. The Morgan fingerprint density at radius 1 is 1.14 bits per heavy atom. The molecule has 3 N–H and O–H groups in total. The zero-order valence-corrected chi connectivity index (χ0v) is 9.91. The van der Waals surface area contributed by atoms with Crippen LogP contribution >= 0.6 is 24.8 Å².